The normalized spacial score (nSPS) is 25.1. The molecule has 0 bridgehead atoms. The third kappa shape index (κ3) is 4.26. The van der Waals surface area contributed by atoms with Crippen LogP contribution >= 0.6 is 11.6 Å². The van der Waals surface area contributed by atoms with Crippen molar-refractivity contribution < 1.29 is 35.1 Å². The van der Waals surface area contributed by atoms with Crippen LogP contribution in [0, 0.1) is 17.6 Å². The van der Waals surface area contributed by atoms with Gasteiger partial charge < -0.3 is 9.47 Å². The van der Waals surface area contributed by atoms with E-state index in [2.05, 4.69) is 0 Å². The molecular weight excluding hydrogens is 498 g/mol. The first kappa shape index (κ1) is 24.4. The Kier molecular flexibility index (Phi) is 6.50. The van der Waals surface area contributed by atoms with E-state index in [0.29, 0.717) is 5.02 Å². The average Bonchev–Trinajstić information content (AvgIpc) is 2.75. The summed E-state index contributed by atoms with van der Waals surface area (Å²) in [4.78, 5) is -0.0785. The first-order valence-electron chi connectivity index (χ1n) is 10.4. The van der Waals surface area contributed by atoms with E-state index < -0.39 is 53.8 Å². The molecule has 0 aromatic heterocycles. The molecule has 4 rings (SSSR count). The fourth-order valence-electron chi connectivity index (χ4n) is 4.88. The monoisotopic (exact) mass is 520 g/mol. The minimum atomic E-state index is -4.28. The van der Waals surface area contributed by atoms with Crippen LogP contribution < -0.4 is 4.74 Å². The molecule has 0 unspecified atom stereocenters. The predicted molar refractivity (Wildman–Crippen MR) is 119 cm³/mol. The number of ether oxygens (including phenoxy) is 2. The Hall–Kier alpha value is -1.75. The highest BCUT2D eigenvalue weighted by atomic mass is 35.5. The van der Waals surface area contributed by atoms with E-state index in [1.165, 1.54) is 24.3 Å². The summed E-state index contributed by atoms with van der Waals surface area (Å²) >= 11 is 5.93. The first-order valence-corrected chi connectivity index (χ1v) is 14.3. The van der Waals surface area contributed by atoms with Crippen LogP contribution in [-0.2, 0) is 29.2 Å². The number of rotatable bonds is 6. The molecule has 1 fully saturated rings. The van der Waals surface area contributed by atoms with E-state index in [0.717, 1.165) is 18.4 Å². The van der Waals surface area contributed by atoms with Crippen molar-refractivity contribution in [2.75, 3.05) is 25.2 Å². The summed E-state index contributed by atoms with van der Waals surface area (Å²) in [6.07, 6.45) is 0.739. The van der Waals surface area contributed by atoms with Gasteiger partial charge in [-0.2, -0.15) is 0 Å². The molecule has 1 saturated heterocycles. The van der Waals surface area contributed by atoms with Gasteiger partial charge in [0.25, 0.3) is 0 Å². The molecule has 0 aliphatic carbocycles. The molecule has 0 N–H and O–H groups in total. The molecule has 0 radical (unpaired) electrons. The fraction of sp³-hybridized carbons (Fsp3) is 0.455. The second-order valence-electron chi connectivity index (χ2n) is 8.43. The number of hydrogen-bond acceptors (Lipinski definition) is 6. The molecule has 0 amide bonds. The lowest BCUT2D eigenvalue weighted by atomic mass is 9.75. The maximum absolute atomic E-state index is 15.3. The van der Waals surface area contributed by atoms with Crippen molar-refractivity contribution in [1.82, 2.24) is 0 Å². The van der Waals surface area contributed by atoms with Crippen molar-refractivity contribution in [3.05, 3.63) is 58.6 Å². The van der Waals surface area contributed by atoms with Crippen molar-refractivity contribution in [2.45, 2.75) is 35.0 Å². The van der Waals surface area contributed by atoms with Crippen molar-refractivity contribution in [1.29, 1.82) is 0 Å². The number of sulfone groups is 2. The SMILES string of the molecule is CS(=O)(=O)CCC[C@@H]1OCC[C@@]2(S(=O)(=O)c3ccc(Cl)cc3)c3c(F)ccc(F)c3OC[C@@H]12. The highest BCUT2D eigenvalue weighted by Crippen LogP contribution is 2.56. The van der Waals surface area contributed by atoms with Gasteiger partial charge in [-0.15, -0.1) is 0 Å². The summed E-state index contributed by atoms with van der Waals surface area (Å²) in [5.74, 6) is -3.13. The Bertz CT molecular complexity index is 1260. The topological polar surface area (TPSA) is 86.7 Å². The van der Waals surface area contributed by atoms with Gasteiger partial charge in [-0.1, -0.05) is 11.6 Å². The molecule has 180 valence electrons. The summed E-state index contributed by atoms with van der Waals surface area (Å²) < 4.78 is 90.9. The van der Waals surface area contributed by atoms with Gasteiger partial charge in [-0.3, -0.25) is 0 Å². The van der Waals surface area contributed by atoms with Crippen LogP contribution in [0.1, 0.15) is 24.8 Å². The van der Waals surface area contributed by atoms with Crippen LogP contribution in [0.2, 0.25) is 5.02 Å². The van der Waals surface area contributed by atoms with Gasteiger partial charge in [0.1, 0.15) is 20.4 Å². The molecule has 6 nitrogen and oxygen atoms in total. The van der Waals surface area contributed by atoms with Crippen LogP contribution in [0.15, 0.2) is 41.3 Å². The second kappa shape index (κ2) is 8.79. The Balaban J connectivity index is 1.88. The third-order valence-corrected chi connectivity index (χ3v) is 10.2. The Labute approximate surface area is 196 Å². The summed E-state index contributed by atoms with van der Waals surface area (Å²) in [6, 6.07) is 7.32. The Morgan fingerprint density at radius 1 is 1.06 bits per heavy atom. The lowest BCUT2D eigenvalue weighted by Crippen LogP contribution is -2.57. The summed E-state index contributed by atoms with van der Waals surface area (Å²) in [5.41, 5.74) is -0.342. The molecule has 2 aliphatic heterocycles. The van der Waals surface area contributed by atoms with Crippen LogP contribution in [-0.4, -0.2) is 48.2 Å². The zero-order valence-electron chi connectivity index (χ0n) is 17.8. The number of fused-ring (bicyclic) bond motifs is 3. The lowest BCUT2D eigenvalue weighted by molar-refractivity contribution is -0.0759. The van der Waals surface area contributed by atoms with Gasteiger partial charge >= 0.3 is 0 Å². The zero-order valence-corrected chi connectivity index (χ0v) is 20.2. The van der Waals surface area contributed by atoms with Crippen molar-refractivity contribution in [3.8, 4) is 5.75 Å². The molecular formula is C22H23ClF2O6S2. The van der Waals surface area contributed by atoms with Crippen molar-refractivity contribution >= 4 is 31.3 Å². The molecule has 11 heteroatoms. The zero-order chi connectivity index (χ0) is 24.0. The quantitative estimate of drug-likeness (QED) is 0.574. The maximum Gasteiger partial charge on any atom is 0.189 e. The van der Waals surface area contributed by atoms with Gasteiger partial charge in [0, 0.05) is 29.6 Å². The maximum atomic E-state index is 15.3. The molecule has 2 heterocycles. The summed E-state index contributed by atoms with van der Waals surface area (Å²) in [7, 11) is -7.52. The first-order chi connectivity index (χ1) is 15.5. The fourth-order valence-corrected chi connectivity index (χ4v) is 8.04. The third-order valence-electron chi connectivity index (χ3n) is 6.35. The van der Waals surface area contributed by atoms with Gasteiger partial charge in [-0.05, 0) is 55.7 Å². The van der Waals surface area contributed by atoms with Crippen LogP contribution in [0.3, 0.4) is 0 Å². The van der Waals surface area contributed by atoms with E-state index in [9.17, 15) is 21.2 Å². The van der Waals surface area contributed by atoms with Crippen molar-refractivity contribution in [2.24, 2.45) is 5.92 Å². The number of benzene rings is 2. The van der Waals surface area contributed by atoms with Crippen LogP contribution in [0.5, 0.6) is 5.75 Å². The highest BCUT2D eigenvalue weighted by molar-refractivity contribution is 7.92. The van der Waals surface area contributed by atoms with E-state index in [1.54, 1.807) is 0 Å². The van der Waals surface area contributed by atoms with Crippen molar-refractivity contribution in [3.63, 3.8) is 0 Å². The van der Waals surface area contributed by atoms with Gasteiger partial charge in [-0.25, -0.2) is 25.6 Å². The highest BCUT2D eigenvalue weighted by Gasteiger charge is 2.61. The minimum absolute atomic E-state index is 0.0255. The Morgan fingerprint density at radius 2 is 1.73 bits per heavy atom. The molecule has 2 aromatic rings. The largest absolute Gasteiger partial charge is 0.490 e. The smallest absolute Gasteiger partial charge is 0.189 e. The van der Waals surface area contributed by atoms with Crippen LogP contribution in [0.4, 0.5) is 8.78 Å². The van der Waals surface area contributed by atoms with E-state index in [-0.39, 0.29) is 48.7 Å². The molecule has 2 aromatic carbocycles. The van der Waals surface area contributed by atoms with E-state index >= 15 is 4.39 Å². The van der Waals surface area contributed by atoms with E-state index in [4.69, 9.17) is 21.1 Å². The lowest BCUT2D eigenvalue weighted by Gasteiger charge is -2.50. The van der Waals surface area contributed by atoms with Gasteiger partial charge in [0.15, 0.2) is 21.4 Å². The van der Waals surface area contributed by atoms with Crippen LogP contribution in [0.25, 0.3) is 0 Å². The number of halogens is 3. The minimum Gasteiger partial charge on any atom is -0.490 e. The molecule has 2 aliphatic rings. The standard InChI is InChI=1S/C22H23ClF2O6S2/c1-32(26,27)12-2-3-19-16-13-31-21-18(25)9-8-17(24)20(21)22(16,10-11-30-19)33(28,29)15-6-4-14(23)5-7-15/h4-9,16,19H,2-3,10-13H2,1H3/t16-,19-,22-/m0/s1. The molecule has 3 atom stereocenters. The second-order valence-corrected chi connectivity index (χ2v) is 13.3. The summed E-state index contributed by atoms with van der Waals surface area (Å²) in [5, 5.41) is 0.332. The molecule has 0 saturated carbocycles. The Morgan fingerprint density at radius 3 is 2.39 bits per heavy atom. The van der Waals surface area contributed by atoms with Gasteiger partial charge in [0.05, 0.1) is 23.2 Å². The number of hydrogen-bond donors (Lipinski definition) is 0. The predicted octanol–water partition coefficient (Wildman–Crippen LogP) is 3.91. The molecule has 33 heavy (non-hydrogen) atoms. The van der Waals surface area contributed by atoms with E-state index in [1.807, 2.05) is 0 Å². The van der Waals surface area contributed by atoms with Gasteiger partial charge in [0.2, 0.25) is 0 Å². The summed E-state index contributed by atoms with van der Waals surface area (Å²) in [6.45, 7) is -0.244. The average molecular weight is 521 g/mol. The molecule has 0 spiro atoms.